The van der Waals surface area contributed by atoms with Gasteiger partial charge >= 0.3 is 5.97 Å². The minimum Gasteiger partial charge on any atom is -0.481 e. The minimum absolute atomic E-state index is 0.00628. The number of anilines is 1. The summed E-state index contributed by atoms with van der Waals surface area (Å²) in [6.45, 7) is 7.12. The van der Waals surface area contributed by atoms with Crippen molar-refractivity contribution in [3.8, 4) is 11.3 Å². The Hall–Kier alpha value is -3.97. The summed E-state index contributed by atoms with van der Waals surface area (Å²) in [5.74, 6) is -0.811. The molecular weight excluding hydrogens is 524 g/mol. The van der Waals surface area contributed by atoms with Gasteiger partial charge in [-0.3, -0.25) is 9.59 Å². The quantitative estimate of drug-likeness (QED) is 0.255. The molecular formula is C32H33ClN4O3. The number of carbonyl (C=O) groups excluding carboxylic acids is 1. The summed E-state index contributed by atoms with van der Waals surface area (Å²) in [6.07, 6.45) is 1.94. The predicted octanol–water partition coefficient (Wildman–Crippen LogP) is 6.33. The first-order valence-corrected chi connectivity index (χ1v) is 14.1. The van der Waals surface area contributed by atoms with Crippen molar-refractivity contribution < 1.29 is 14.7 Å². The number of fused-ring (bicyclic) bond motifs is 1. The topological polar surface area (TPSA) is 86.6 Å². The van der Waals surface area contributed by atoms with Crippen molar-refractivity contribution in [2.45, 2.75) is 39.5 Å². The summed E-state index contributed by atoms with van der Waals surface area (Å²) in [4.78, 5) is 38.5. The molecule has 40 heavy (non-hydrogen) atoms. The van der Waals surface area contributed by atoms with E-state index >= 15 is 0 Å². The van der Waals surface area contributed by atoms with Gasteiger partial charge < -0.3 is 14.9 Å². The minimum atomic E-state index is -0.805. The lowest BCUT2D eigenvalue weighted by Gasteiger charge is -2.36. The standard InChI is InChI=1S/C32H33ClN4O3/c1-21-7-13-26(19-22(21)2)36-15-17-37(18-16-36)32(40)24-10-14-27-29(20-24)34-28(5-3-4-6-30(38)39)31(35-27)23-8-11-25(33)12-9-23/h7-14,19-20H,3-6,15-18H2,1-2H3,(H,38,39). The third-order valence-electron chi connectivity index (χ3n) is 7.58. The number of halogens is 1. The number of carboxylic acids is 1. The first-order chi connectivity index (χ1) is 19.3. The van der Waals surface area contributed by atoms with Crippen molar-refractivity contribution in [1.82, 2.24) is 14.9 Å². The maximum atomic E-state index is 13.5. The highest BCUT2D eigenvalue weighted by Gasteiger charge is 2.23. The number of benzene rings is 3. The van der Waals surface area contributed by atoms with Gasteiger partial charge in [-0.1, -0.05) is 29.8 Å². The number of carboxylic acid groups (broad SMARTS) is 1. The van der Waals surface area contributed by atoms with Gasteiger partial charge in [0.05, 0.1) is 22.4 Å². The molecule has 0 atom stereocenters. The molecule has 1 amide bonds. The van der Waals surface area contributed by atoms with Crippen LogP contribution in [0.3, 0.4) is 0 Å². The van der Waals surface area contributed by atoms with E-state index in [1.54, 1.807) is 0 Å². The molecule has 0 unspecified atom stereocenters. The summed E-state index contributed by atoms with van der Waals surface area (Å²) in [5.41, 5.74) is 8.14. The van der Waals surface area contributed by atoms with Crippen LogP contribution in [0, 0.1) is 13.8 Å². The fraction of sp³-hybridized carbons (Fsp3) is 0.312. The van der Waals surface area contributed by atoms with E-state index in [2.05, 4.69) is 36.9 Å². The highest BCUT2D eigenvalue weighted by Crippen LogP contribution is 2.27. The monoisotopic (exact) mass is 556 g/mol. The van der Waals surface area contributed by atoms with Gasteiger partial charge in [0.15, 0.2) is 0 Å². The molecule has 5 rings (SSSR count). The fourth-order valence-electron chi connectivity index (χ4n) is 5.08. The number of hydrogen-bond acceptors (Lipinski definition) is 5. The second-order valence-electron chi connectivity index (χ2n) is 10.4. The molecule has 7 nitrogen and oxygen atoms in total. The van der Waals surface area contributed by atoms with Gasteiger partial charge in [-0.25, -0.2) is 9.97 Å². The van der Waals surface area contributed by atoms with Gasteiger partial charge in [-0.2, -0.15) is 0 Å². The van der Waals surface area contributed by atoms with E-state index in [9.17, 15) is 9.59 Å². The molecule has 4 aromatic rings. The SMILES string of the molecule is Cc1ccc(N2CCN(C(=O)c3ccc4nc(-c5ccc(Cl)cc5)c(CCCCC(=O)O)nc4c3)CC2)cc1C. The van der Waals surface area contributed by atoms with Gasteiger partial charge in [0, 0.05) is 54.4 Å². The van der Waals surface area contributed by atoms with Gasteiger partial charge in [0.2, 0.25) is 0 Å². The van der Waals surface area contributed by atoms with Crippen molar-refractivity contribution in [3.63, 3.8) is 0 Å². The predicted molar refractivity (Wildman–Crippen MR) is 159 cm³/mol. The number of piperazine rings is 1. The Bertz CT molecular complexity index is 1550. The molecule has 0 bridgehead atoms. The zero-order valence-corrected chi connectivity index (χ0v) is 23.6. The number of aromatic nitrogens is 2. The summed E-state index contributed by atoms with van der Waals surface area (Å²) >= 11 is 6.10. The normalized spacial score (nSPS) is 13.6. The summed E-state index contributed by atoms with van der Waals surface area (Å²) in [7, 11) is 0. The van der Waals surface area contributed by atoms with Crippen LogP contribution in [0.1, 0.15) is 46.4 Å². The number of unbranched alkanes of at least 4 members (excludes halogenated alkanes) is 1. The Balaban J connectivity index is 1.36. The number of nitrogens with zero attached hydrogens (tertiary/aromatic N) is 4. The molecule has 1 aliphatic heterocycles. The van der Waals surface area contributed by atoms with Crippen LogP contribution in [0.25, 0.3) is 22.3 Å². The maximum absolute atomic E-state index is 13.5. The Morgan fingerprint density at radius 3 is 2.30 bits per heavy atom. The van der Waals surface area contributed by atoms with Crippen molar-refractivity contribution in [3.05, 3.63) is 88.1 Å². The molecule has 0 aliphatic carbocycles. The molecule has 1 aromatic heterocycles. The van der Waals surface area contributed by atoms with Gasteiger partial charge in [0.1, 0.15) is 0 Å². The highest BCUT2D eigenvalue weighted by atomic mass is 35.5. The first-order valence-electron chi connectivity index (χ1n) is 13.7. The van der Waals surface area contributed by atoms with Crippen LogP contribution in [-0.4, -0.2) is 58.0 Å². The van der Waals surface area contributed by atoms with Crippen LogP contribution in [-0.2, 0) is 11.2 Å². The Morgan fingerprint density at radius 1 is 0.850 bits per heavy atom. The first kappa shape index (κ1) is 27.6. The molecule has 3 aromatic carbocycles. The number of hydrogen-bond donors (Lipinski definition) is 1. The molecule has 0 radical (unpaired) electrons. The van der Waals surface area contributed by atoms with Crippen molar-refractivity contribution in [1.29, 1.82) is 0 Å². The van der Waals surface area contributed by atoms with Crippen molar-refractivity contribution in [2.24, 2.45) is 0 Å². The maximum Gasteiger partial charge on any atom is 0.303 e. The lowest BCUT2D eigenvalue weighted by atomic mass is 10.0. The summed E-state index contributed by atoms with van der Waals surface area (Å²) in [6, 6.07) is 19.5. The van der Waals surface area contributed by atoms with Crippen LogP contribution in [0.2, 0.25) is 5.02 Å². The molecule has 1 saturated heterocycles. The van der Waals surface area contributed by atoms with Crippen LogP contribution >= 0.6 is 11.6 Å². The van der Waals surface area contributed by atoms with Crippen LogP contribution < -0.4 is 4.90 Å². The molecule has 8 heteroatoms. The average Bonchev–Trinajstić information content (AvgIpc) is 2.96. The Morgan fingerprint density at radius 2 is 1.60 bits per heavy atom. The molecule has 1 fully saturated rings. The van der Waals surface area contributed by atoms with E-state index in [0.717, 1.165) is 30.0 Å². The fourth-order valence-corrected chi connectivity index (χ4v) is 5.20. The smallest absolute Gasteiger partial charge is 0.303 e. The highest BCUT2D eigenvalue weighted by molar-refractivity contribution is 6.30. The summed E-state index contributed by atoms with van der Waals surface area (Å²) in [5, 5.41) is 9.65. The third-order valence-corrected chi connectivity index (χ3v) is 7.83. The van der Waals surface area contributed by atoms with E-state index in [1.165, 1.54) is 16.8 Å². The lowest BCUT2D eigenvalue weighted by molar-refractivity contribution is -0.137. The molecule has 2 heterocycles. The van der Waals surface area contributed by atoms with E-state index in [-0.39, 0.29) is 12.3 Å². The average molecular weight is 557 g/mol. The number of aliphatic carboxylic acids is 1. The Labute approximate surface area is 239 Å². The molecule has 0 saturated carbocycles. The van der Waals surface area contributed by atoms with Crippen molar-refractivity contribution >= 4 is 40.2 Å². The van der Waals surface area contributed by atoms with Crippen LogP contribution in [0.15, 0.2) is 60.7 Å². The lowest BCUT2D eigenvalue weighted by Crippen LogP contribution is -2.48. The molecule has 1 N–H and O–H groups in total. The van der Waals surface area contributed by atoms with Gasteiger partial charge in [-0.05, 0) is 86.7 Å². The van der Waals surface area contributed by atoms with Crippen molar-refractivity contribution in [2.75, 3.05) is 31.1 Å². The van der Waals surface area contributed by atoms with E-state index in [0.29, 0.717) is 54.0 Å². The van der Waals surface area contributed by atoms with E-state index in [1.807, 2.05) is 47.4 Å². The van der Waals surface area contributed by atoms with Crippen LogP contribution in [0.4, 0.5) is 5.69 Å². The number of carbonyl (C=O) groups is 2. The molecule has 0 spiro atoms. The largest absolute Gasteiger partial charge is 0.481 e. The number of amides is 1. The number of rotatable bonds is 8. The second-order valence-corrected chi connectivity index (χ2v) is 10.8. The molecule has 206 valence electrons. The summed E-state index contributed by atoms with van der Waals surface area (Å²) < 4.78 is 0. The second kappa shape index (κ2) is 12.0. The zero-order chi connectivity index (χ0) is 28.2. The molecule has 1 aliphatic rings. The van der Waals surface area contributed by atoms with E-state index < -0.39 is 5.97 Å². The van der Waals surface area contributed by atoms with Gasteiger partial charge in [0.25, 0.3) is 5.91 Å². The zero-order valence-electron chi connectivity index (χ0n) is 22.9. The van der Waals surface area contributed by atoms with Gasteiger partial charge in [-0.15, -0.1) is 0 Å². The van der Waals surface area contributed by atoms with Crippen LogP contribution in [0.5, 0.6) is 0 Å². The number of aryl methyl sites for hydroxylation is 3. The van der Waals surface area contributed by atoms with E-state index in [4.69, 9.17) is 26.7 Å². The third kappa shape index (κ3) is 6.26. The Kier molecular flexibility index (Phi) is 8.31.